The number of amidine groups is 1. The van der Waals surface area contributed by atoms with Gasteiger partial charge in [-0.05, 0) is 75.4 Å². The average Bonchev–Trinajstić information content (AvgIpc) is 3.57. The minimum Gasteiger partial charge on any atom is -0.491 e. The monoisotopic (exact) mass is 540 g/mol. The number of rotatable bonds is 7. The molecule has 3 aromatic rings. The number of aliphatic imine (C=N–C) groups is 1. The van der Waals surface area contributed by atoms with Gasteiger partial charge in [-0.2, -0.15) is 5.10 Å². The normalized spacial score (nSPS) is 20.9. The quantitative estimate of drug-likeness (QED) is 0.402. The van der Waals surface area contributed by atoms with Gasteiger partial charge in [0.05, 0.1) is 23.5 Å². The molecule has 1 saturated carbocycles. The van der Waals surface area contributed by atoms with E-state index in [1.54, 1.807) is 6.20 Å². The first kappa shape index (κ1) is 26.6. The summed E-state index contributed by atoms with van der Waals surface area (Å²) in [5, 5.41) is 7.73. The van der Waals surface area contributed by atoms with Crippen molar-refractivity contribution in [2.24, 2.45) is 4.99 Å². The van der Waals surface area contributed by atoms with E-state index in [1.807, 2.05) is 52.2 Å². The van der Waals surface area contributed by atoms with Crippen molar-refractivity contribution in [3.05, 3.63) is 72.6 Å². The zero-order chi connectivity index (χ0) is 27.5. The molecule has 3 fully saturated rings. The van der Waals surface area contributed by atoms with Crippen molar-refractivity contribution in [1.82, 2.24) is 20.0 Å². The van der Waals surface area contributed by atoms with Crippen LogP contribution in [0, 0.1) is 0 Å². The number of benzene rings is 2. The fourth-order valence-corrected chi connectivity index (χ4v) is 6.51. The smallest absolute Gasteiger partial charge is 0.328 e. The Hall–Kier alpha value is -3.65. The number of ether oxygens (including phenoxy) is 1. The predicted molar refractivity (Wildman–Crippen MR) is 158 cm³/mol. The summed E-state index contributed by atoms with van der Waals surface area (Å²) < 4.78 is 7.77. The van der Waals surface area contributed by atoms with Gasteiger partial charge in [-0.3, -0.25) is 20.1 Å². The number of amides is 2. The molecule has 1 aliphatic carbocycles. The van der Waals surface area contributed by atoms with Crippen LogP contribution in [0.15, 0.2) is 72.0 Å². The Bertz CT molecular complexity index is 1340. The molecule has 8 nitrogen and oxygen atoms in total. The van der Waals surface area contributed by atoms with Gasteiger partial charge in [-0.15, -0.1) is 0 Å². The number of carbonyl (C=O) groups is 1. The van der Waals surface area contributed by atoms with Gasteiger partial charge < -0.3 is 4.74 Å². The first-order valence-electron chi connectivity index (χ1n) is 14.8. The molecule has 2 saturated heterocycles. The molecule has 2 aromatic carbocycles. The van der Waals surface area contributed by atoms with E-state index in [2.05, 4.69) is 47.4 Å². The number of piperidine rings is 1. The highest BCUT2D eigenvalue weighted by Gasteiger charge is 2.53. The SMILES string of the molecule is CC(C)Oc1cccc(CN2CCC3(CC2)C(=NC2CCCCC2)NC(=O)N3c2ccccc2-n2cccn2)c1. The van der Waals surface area contributed by atoms with Gasteiger partial charge in [0.25, 0.3) is 0 Å². The molecule has 210 valence electrons. The van der Waals surface area contributed by atoms with Crippen LogP contribution in [0.4, 0.5) is 10.5 Å². The number of carbonyl (C=O) groups excluding carboxylic acids is 1. The lowest BCUT2D eigenvalue weighted by Gasteiger charge is -2.44. The number of anilines is 1. The summed E-state index contributed by atoms with van der Waals surface area (Å²) in [6.45, 7) is 6.70. The fraction of sp³-hybridized carbons (Fsp3) is 0.469. The molecule has 40 heavy (non-hydrogen) atoms. The van der Waals surface area contributed by atoms with Gasteiger partial charge >= 0.3 is 6.03 Å². The molecule has 2 amide bonds. The number of likely N-dealkylation sites (tertiary alicyclic amines) is 1. The van der Waals surface area contributed by atoms with E-state index in [0.29, 0.717) is 0 Å². The second-order valence-electron chi connectivity index (χ2n) is 11.6. The van der Waals surface area contributed by atoms with Crippen molar-refractivity contribution in [2.45, 2.75) is 83.0 Å². The Labute approximate surface area is 237 Å². The summed E-state index contributed by atoms with van der Waals surface area (Å²) in [7, 11) is 0. The van der Waals surface area contributed by atoms with Crippen molar-refractivity contribution >= 4 is 17.6 Å². The minimum absolute atomic E-state index is 0.0962. The number of para-hydroxylation sites is 2. The van der Waals surface area contributed by atoms with Crippen molar-refractivity contribution in [3.63, 3.8) is 0 Å². The van der Waals surface area contributed by atoms with Gasteiger partial charge in [-0.25, -0.2) is 9.48 Å². The summed E-state index contributed by atoms with van der Waals surface area (Å²) >= 11 is 0. The highest BCUT2D eigenvalue weighted by atomic mass is 16.5. The molecule has 0 radical (unpaired) electrons. The van der Waals surface area contributed by atoms with E-state index >= 15 is 0 Å². The Balaban J connectivity index is 1.30. The van der Waals surface area contributed by atoms with Crippen LogP contribution in [0.2, 0.25) is 0 Å². The van der Waals surface area contributed by atoms with E-state index in [4.69, 9.17) is 9.73 Å². The topological polar surface area (TPSA) is 75.0 Å². The molecular weight excluding hydrogens is 500 g/mol. The van der Waals surface area contributed by atoms with Gasteiger partial charge in [0.2, 0.25) is 0 Å². The average molecular weight is 541 g/mol. The van der Waals surface area contributed by atoms with Crippen LogP contribution in [0.1, 0.15) is 64.4 Å². The van der Waals surface area contributed by atoms with Crippen LogP contribution >= 0.6 is 0 Å². The van der Waals surface area contributed by atoms with Crippen LogP contribution in [0.25, 0.3) is 5.69 Å². The molecule has 8 heteroatoms. The molecule has 2 aliphatic heterocycles. The van der Waals surface area contributed by atoms with E-state index in [9.17, 15) is 4.79 Å². The highest BCUT2D eigenvalue weighted by Crippen LogP contribution is 2.41. The molecule has 3 aliphatic rings. The maximum atomic E-state index is 13.8. The number of aromatic nitrogens is 2. The molecular formula is C32H40N6O2. The van der Waals surface area contributed by atoms with E-state index < -0.39 is 5.54 Å². The summed E-state index contributed by atoms with van der Waals surface area (Å²) in [6.07, 6.45) is 11.4. The number of nitrogens with zero attached hydrogens (tertiary/aromatic N) is 5. The second-order valence-corrected chi connectivity index (χ2v) is 11.6. The van der Waals surface area contributed by atoms with Crippen LogP contribution < -0.4 is 15.0 Å². The summed E-state index contributed by atoms with van der Waals surface area (Å²) in [5.41, 5.74) is 2.50. The second kappa shape index (κ2) is 11.5. The molecule has 3 heterocycles. The number of urea groups is 1. The first-order valence-corrected chi connectivity index (χ1v) is 14.8. The third-order valence-corrected chi connectivity index (χ3v) is 8.42. The minimum atomic E-state index is -0.503. The van der Waals surface area contributed by atoms with Gasteiger partial charge in [0.1, 0.15) is 17.1 Å². The Kier molecular flexibility index (Phi) is 7.61. The Morgan fingerprint density at radius 3 is 2.52 bits per heavy atom. The Morgan fingerprint density at radius 1 is 1.02 bits per heavy atom. The lowest BCUT2D eigenvalue weighted by Crippen LogP contribution is -2.57. The van der Waals surface area contributed by atoms with Gasteiger partial charge in [-0.1, -0.05) is 43.5 Å². The third-order valence-electron chi connectivity index (χ3n) is 8.42. The molecule has 6 rings (SSSR count). The molecule has 0 unspecified atom stereocenters. The van der Waals surface area contributed by atoms with E-state index in [0.717, 1.165) is 68.3 Å². The number of hydrogen-bond donors (Lipinski definition) is 1. The molecule has 1 spiro atoms. The van der Waals surface area contributed by atoms with Crippen LogP contribution in [-0.2, 0) is 6.54 Å². The van der Waals surface area contributed by atoms with E-state index in [-0.39, 0.29) is 18.2 Å². The van der Waals surface area contributed by atoms with Crippen molar-refractivity contribution < 1.29 is 9.53 Å². The first-order chi connectivity index (χ1) is 19.5. The largest absolute Gasteiger partial charge is 0.491 e. The molecule has 1 N–H and O–H groups in total. The van der Waals surface area contributed by atoms with Crippen molar-refractivity contribution in [2.75, 3.05) is 18.0 Å². The fourth-order valence-electron chi connectivity index (χ4n) is 6.51. The predicted octanol–water partition coefficient (Wildman–Crippen LogP) is 5.96. The van der Waals surface area contributed by atoms with Crippen LogP contribution in [0.3, 0.4) is 0 Å². The zero-order valence-electron chi connectivity index (χ0n) is 23.6. The van der Waals surface area contributed by atoms with Crippen molar-refractivity contribution in [1.29, 1.82) is 0 Å². The summed E-state index contributed by atoms with van der Waals surface area (Å²) in [5.74, 6) is 1.77. The lowest BCUT2D eigenvalue weighted by molar-refractivity contribution is 0.183. The van der Waals surface area contributed by atoms with E-state index in [1.165, 1.54) is 24.8 Å². The third kappa shape index (κ3) is 5.37. The molecule has 0 bridgehead atoms. The molecule has 0 atom stereocenters. The standard InChI is InChI=1S/C32H40N6O2/c1-24(2)40-27-13-8-10-25(22-27)23-36-20-16-32(17-21-36)30(34-26-11-4-3-5-12-26)35-31(39)38(32)29-15-7-6-14-28(29)37-19-9-18-33-37/h6-10,13-15,18-19,22,24,26H,3-5,11-12,16-17,20-21,23H2,1-2H3,(H,34,35,39). The number of hydrogen-bond acceptors (Lipinski definition) is 5. The summed E-state index contributed by atoms with van der Waals surface area (Å²) in [4.78, 5) is 23.5. The van der Waals surface area contributed by atoms with Gasteiger partial charge in [0.15, 0.2) is 0 Å². The lowest BCUT2D eigenvalue weighted by atomic mass is 9.84. The maximum Gasteiger partial charge on any atom is 0.328 e. The zero-order valence-corrected chi connectivity index (χ0v) is 23.6. The van der Waals surface area contributed by atoms with Crippen LogP contribution in [-0.4, -0.2) is 57.3 Å². The summed E-state index contributed by atoms with van der Waals surface area (Å²) in [6, 6.07) is 18.6. The number of nitrogens with one attached hydrogen (secondary N) is 1. The maximum absolute atomic E-state index is 13.8. The highest BCUT2D eigenvalue weighted by molar-refractivity contribution is 6.19. The van der Waals surface area contributed by atoms with Crippen LogP contribution in [0.5, 0.6) is 5.75 Å². The molecule has 1 aromatic heterocycles. The van der Waals surface area contributed by atoms with Crippen molar-refractivity contribution in [3.8, 4) is 11.4 Å². The van der Waals surface area contributed by atoms with Gasteiger partial charge in [0, 0.05) is 32.0 Å². The Morgan fingerprint density at radius 2 is 1.80 bits per heavy atom.